The molecule has 1 aliphatic heterocycles. The molecule has 0 unspecified atom stereocenters. The number of benzene rings is 4. The molecule has 2 heterocycles. The normalized spacial score (nSPS) is 15.4. The molecule has 242 valence electrons. The van der Waals surface area contributed by atoms with Gasteiger partial charge in [-0.25, -0.2) is 9.18 Å². The molecule has 0 saturated carbocycles. The van der Waals surface area contributed by atoms with Gasteiger partial charge in [0.25, 0.3) is 0 Å². The number of rotatable bonds is 9. The number of aromatic amines is 1. The van der Waals surface area contributed by atoms with E-state index in [2.05, 4.69) is 39.5 Å². The molecule has 0 bridgehead atoms. The number of ketones is 1. The SMILES string of the molecule is COc1ccc(F)cc1[C@@H](CC(=O)c1cccc(-c2ccc(N3CC[C@@H](NC(=O)OC(C)(C)C)C3)cc2)c1)c1cc2ccccc2[nH]1. The summed E-state index contributed by atoms with van der Waals surface area (Å²) in [6, 6.07) is 30.3. The highest BCUT2D eigenvalue weighted by Crippen LogP contribution is 2.37. The van der Waals surface area contributed by atoms with Crippen molar-refractivity contribution in [3.63, 3.8) is 0 Å². The Kier molecular flexibility index (Phi) is 9.03. The molecule has 2 atom stereocenters. The van der Waals surface area contributed by atoms with Gasteiger partial charge in [0, 0.05) is 53.5 Å². The predicted octanol–water partition coefficient (Wildman–Crippen LogP) is 8.49. The minimum Gasteiger partial charge on any atom is -0.496 e. The van der Waals surface area contributed by atoms with Crippen molar-refractivity contribution < 1.29 is 23.5 Å². The predicted molar refractivity (Wildman–Crippen MR) is 184 cm³/mol. The summed E-state index contributed by atoms with van der Waals surface area (Å²) in [5.74, 6) is -0.359. The van der Waals surface area contributed by atoms with Crippen LogP contribution in [0, 0.1) is 5.82 Å². The Bertz CT molecular complexity index is 1860. The largest absolute Gasteiger partial charge is 0.496 e. The Morgan fingerprint density at radius 1 is 0.957 bits per heavy atom. The number of aromatic nitrogens is 1. The third-order valence-corrected chi connectivity index (χ3v) is 8.54. The summed E-state index contributed by atoms with van der Waals surface area (Å²) in [7, 11) is 1.55. The van der Waals surface area contributed by atoms with Crippen molar-refractivity contribution in [1.29, 1.82) is 0 Å². The van der Waals surface area contributed by atoms with Crippen molar-refractivity contribution >= 4 is 28.5 Å². The van der Waals surface area contributed by atoms with Crippen LogP contribution in [0.1, 0.15) is 61.1 Å². The number of hydrogen-bond donors (Lipinski definition) is 2. The van der Waals surface area contributed by atoms with E-state index in [1.807, 2.05) is 75.4 Å². The molecule has 6 rings (SSSR count). The monoisotopic (exact) mass is 633 g/mol. The summed E-state index contributed by atoms with van der Waals surface area (Å²) in [6.07, 6.45) is 0.575. The van der Waals surface area contributed by atoms with Gasteiger partial charge >= 0.3 is 6.09 Å². The molecular weight excluding hydrogens is 593 g/mol. The minimum absolute atomic E-state index is 0.0211. The number of H-pyrrole nitrogens is 1. The first-order chi connectivity index (χ1) is 22.6. The van der Waals surface area contributed by atoms with Crippen LogP contribution >= 0.6 is 0 Å². The van der Waals surface area contributed by atoms with Crippen molar-refractivity contribution in [2.45, 2.75) is 51.2 Å². The number of carbonyl (C=O) groups excluding carboxylic acids is 2. The zero-order valence-electron chi connectivity index (χ0n) is 27.2. The fourth-order valence-electron chi connectivity index (χ4n) is 6.28. The van der Waals surface area contributed by atoms with Crippen molar-refractivity contribution in [2.24, 2.45) is 0 Å². The number of methoxy groups -OCH3 is 1. The van der Waals surface area contributed by atoms with E-state index in [0.29, 0.717) is 23.4 Å². The van der Waals surface area contributed by atoms with E-state index in [-0.39, 0.29) is 24.1 Å². The molecule has 1 amide bonds. The summed E-state index contributed by atoms with van der Waals surface area (Å²) < 4.78 is 25.6. The highest BCUT2D eigenvalue weighted by molar-refractivity contribution is 5.98. The molecule has 1 aliphatic rings. The van der Waals surface area contributed by atoms with Crippen LogP contribution in [0.25, 0.3) is 22.0 Å². The second-order valence-corrected chi connectivity index (χ2v) is 13.1. The molecule has 5 aromatic rings. The highest BCUT2D eigenvalue weighted by atomic mass is 19.1. The lowest BCUT2D eigenvalue weighted by atomic mass is 9.87. The van der Waals surface area contributed by atoms with Gasteiger partial charge in [-0.05, 0) is 92.2 Å². The third-order valence-electron chi connectivity index (χ3n) is 8.54. The number of hydrogen-bond acceptors (Lipinski definition) is 5. The molecule has 2 N–H and O–H groups in total. The lowest BCUT2D eigenvalue weighted by Crippen LogP contribution is -2.40. The van der Waals surface area contributed by atoms with E-state index >= 15 is 0 Å². The maximum absolute atomic E-state index is 14.5. The third kappa shape index (κ3) is 7.49. The molecule has 1 fully saturated rings. The number of ether oxygens (including phenoxy) is 2. The minimum atomic E-state index is -0.534. The lowest BCUT2D eigenvalue weighted by molar-refractivity contribution is 0.0508. The molecule has 0 aliphatic carbocycles. The van der Waals surface area contributed by atoms with Crippen LogP contribution < -0.4 is 15.0 Å². The summed E-state index contributed by atoms with van der Waals surface area (Å²) in [6.45, 7) is 7.10. The summed E-state index contributed by atoms with van der Waals surface area (Å²) in [5.41, 5.74) is 5.42. The summed E-state index contributed by atoms with van der Waals surface area (Å²) >= 11 is 0. The van der Waals surface area contributed by atoms with Crippen LogP contribution in [0.4, 0.5) is 14.9 Å². The molecule has 0 spiro atoms. The molecule has 4 aromatic carbocycles. The van der Waals surface area contributed by atoms with Gasteiger partial charge in [-0.1, -0.05) is 48.5 Å². The number of carbonyl (C=O) groups is 2. The number of para-hydroxylation sites is 1. The van der Waals surface area contributed by atoms with Crippen molar-refractivity contribution in [3.05, 3.63) is 120 Å². The maximum atomic E-state index is 14.5. The van der Waals surface area contributed by atoms with E-state index in [0.717, 1.165) is 46.4 Å². The van der Waals surface area contributed by atoms with Gasteiger partial charge in [0.1, 0.15) is 17.2 Å². The van der Waals surface area contributed by atoms with Crippen LogP contribution in [-0.4, -0.2) is 48.7 Å². The lowest BCUT2D eigenvalue weighted by Gasteiger charge is -2.22. The maximum Gasteiger partial charge on any atom is 0.407 e. The van der Waals surface area contributed by atoms with E-state index in [1.54, 1.807) is 13.2 Å². The average Bonchev–Trinajstić information content (AvgIpc) is 3.70. The van der Waals surface area contributed by atoms with Crippen molar-refractivity contribution in [1.82, 2.24) is 10.3 Å². The second-order valence-electron chi connectivity index (χ2n) is 13.1. The van der Waals surface area contributed by atoms with Gasteiger partial charge in [-0.2, -0.15) is 0 Å². The van der Waals surface area contributed by atoms with Crippen LogP contribution in [0.15, 0.2) is 97.1 Å². The zero-order valence-corrected chi connectivity index (χ0v) is 27.2. The van der Waals surface area contributed by atoms with Crippen LogP contribution in [-0.2, 0) is 4.74 Å². The number of nitrogens with zero attached hydrogens (tertiary/aromatic N) is 1. The number of fused-ring (bicyclic) bond motifs is 1. The average molecular weight is 634 g/mol. The second kappa shape index (κ2) is 13.3. The fraction of sp³-hybridized carbons (Fsp3) is 0.282. The Morgan fingerprint density at radius 3 is 2.49 bits per heavy atom. The summed E-state index contributed by atoms with van der Waals surface area (Å²) in [5, 5.41) is 3.99. The van der Waals surface area contributed by atoms with Crippen molar-refractivity contribution in [3.8, 4) is 16.9 Å². The zero-order chi connectivity index (χ0) is 33.1. The van der Waals surface area contributed by atoms with Gasteiger partial charge < -0.3 is 24.7 Å². The van der Waals surface area contributed by atoms with Crippen molar-refractivity contribution in [2.75, 3.05) is 25.1 Å². The molecular formula is C39H40FN3O4. The number of nitrogens with one attached hydrogen (secondary N) is 2. The van der Waals surface area contributed by atoms with Gasteiger partial charge in [0.05, 0.1) is 13.2 Å². The molecule has 7 nitrogen and oxygen atoms in total. The number of alkyl carbamates (subject to hydrolysis) is 1. The standard InChI is InChI=1S/C39H40FN3O4/c1-39(2,3)47-38(45)41-30-18-19-43(24-30)31-15-12-25(13-16-31)26-9-7-10-28(20-26)36(44)23-32(33-22-29(40)14-17-37(33)46-4)35-21-27-8-5-6-11-34(27)42-35/h5-17,20-22,30,32,42H,18-19,23-24H2,1-4H3,(H,41,45)/t30-,32-/m1/s1. The first-order valence-corrected chi connectivity index (χ1v) is 16.0. The van der Waals surface area contributed by atoms with Crippen LogP contribution in [0.5, 0.6) is 5.75 Å². The Balaban J connectivity index is 1.19. The smallest absolute Gasteiger partial charge is 0.407 e. The van der Waals surface area contributed by atoms with Crippen LogP contribution in [0.3, 0.4) is 0 Å². The van der Waals surface area contributed by atoms with E-state index in [1.165, 1.54) is 12.1 Å². The molecule has 1 aromatic heterocycles. The first kappa shape index (κ1) is 31.9. The molecule has 0 radical (unpaired) electrons. The number of amides is 1. The number of anilines is 1. The van der Waals surface area contributed by atoms with Gasteiger partial charge in [0.2, 0.25) is 0 Å². The Labute approximate surface area is 274 Å². The number of halogens is 1. The first-order valence-electron chi connectivity index (χ1n) is 16.0. The molecule has 47 heavy (non-hydrogen) atoms. The van der Waals surface area contributed by atoms with Crippen LogP contribution in [0.2, 0.25) is 0 Å². The Hall–Kier alpha value is -5.11. The van der Waals surface area contributed by atoms with Gasteiger partial charge in [0.15, 0.2) is 5.78 Å². The Morgan fingerprint density at radius 2 is 1.74 bits per heavy atom. The number of Topliss-reactive ketones (excluding diaryl/α,β-unsaturated/α-hetero) is 1. The molecule has 1 saturated heterocycles. The topological polar surface area (TPSA) is 83.7 Å². The van der Waals surface area contributed by atoms with E-state index < -0.39 is 17.6 Å². The van der Waals surface area contributed by atoms with Gasteiger partial charge in [-0.15, -0.1) is 0 Å². The van der Waals surface area contributed by atoms with E-state index in [4.69, 9.17) is 9.47 Å². The van der Waals surface area contributed by atoms with Gasteiger partial charge in [-0.3, -0.25) is 4.79 Å². The molecule has 8 heteroatoms. The van der Waals surface area contributed by atoms with E-state index in [9.17, 15) is 14.0 Å². The fourth-order valence-corrected chi connectivity index (χ4v) is 6.28. The highest BCUT2D eigenvalue weighted by Gasteiger charge is 2.27. The quantitative estimate of drug-likeness (QED) is 0.159. The summed E-state index contributed by atoms with van der Waals surface area (Å²) in [4.78, 5) is 31.8.